The summed E-state index contributed by atoms with van der Waals surface area (Å²) in [6, 6.07) is 21.4. The van der Waals surface area contributed by atoms with E-state index < -0.39 is 19.8 Å². The normalized spacial score (nSPS) is 25.3. The Morgan fingerprint density at radius 2 is 1.79 bits per heavy atom. The lowest BCUT2D eigenvalue weighted by Gasteiger charge is -2.39. The second-order valence-corrected chi connectivity index (χ2v) is 21.6. The highest BCUT2D eigenvalue weighted by Gasteiger charge is 2.66. The number of hydrogen-bond donors (Lipinski definition) is 3. The Balaban J connectivity index is 1.28. The second-order valence-electron chi connectivity index (χ2n) is 16.9. The summed E-state index contributed by atoms with van der Waals surface area (Å²) in [4.78, 5) is 59.0. The highest BCUT2D eigenvalue weighted by atomic mass is 28.3. The lowest BCUT2D eigenvalue weighted by atomic mass is 9.82. The molecule has 12 nitrogen and oxygen atoms in total. The molecule has 6 atom stereocenters. The summed E-state index contributed by atoms with van der Waals surface area (Å²) in [5.74, 6) is -0.480. The zero-order chi connectivity index (χ0) is 41.2. The molecular formula is C45H58N4O8Si. The van der Waals surface area contributed by atoms with Crippen molar-refractivity contribution in [2.24, 2.45) is 11.8 Å². The SMILES string of the molecule is COC(=O)CCCCN1C(=O)[C@]2(O[C@H](CC(=O)N3Cc4ccccc4C[C@H]3CO)[C@@H]([Si](C)(C)c3ccc(OC)cc3)[C@@H]2C)c2cc(NC(=O)C3CCCNC3)ccc21. The van der Waals surface area contributed by atoms with Crippen molar-refractivity contribution in [3.8, 4) is 5.75 Å². The van der Waals surface area contributed by atoms with E-state index in [0.717, 1.165) is 41.4 Å². The van der Waals surface area contributed by atoms with Gasteiger partial charge in [-0.15, -0.1) is 0 Å². The number of hydrogen-bond acceptors (Lipinski definition) is 9. The molecule has 4 aliphatic rings. The van der Waals surface area contributed by atoms with Crippen LogP contribution in [-0.2, 0) is 47.2 Å². The third kappa shape index (κ3) is 7.81. The van der Waals surface area contributed by atoms with Gasteiger partial charge in [0.2, 0.25) is 11.8 Å². The molecule has 0 radical (unpaired) electrons. The van der Waals surface area contributed by atoms with Gasteiger partial charge in [-0.3, -0.25) is 19.2 Å². The summed E-state index contributed by atoms with van der Waals surface area (Å²) >= 11 is 0. The van der Waals surface area contributed by atoms with E-state index in [9.17, 15) is 19.5 Å². The minimum atomic E-state index is -2.58. The van der Waals surface area contributed by atoms with Crippen LogP contribution in [0.15, 0.2) is 66.7 Å². The summed E-state index contributed by atoms with van der Waals surface area (Å²) in [5.41, 5.74) is 2.52. The van der Waals surface area contributed by atoms with Gasteiger partial charge in [-0.2, -0.15) is 0 Å². The summed E-state index contributed by atoms with van der Waals surface area (Å²) in [5, 5.41) is 18.1. The fraction of sp³-hybridized carbons (Fsp3) is 0.511. The number of unbranched alkanes of at least 4 members (excludes halogenated alkanes) is 1. The van der Waals surface area contributed by atoms with Gasteiger partial charge in [-0.05, 0) is 85.6 Å². The number of amides is 3. The van der Waals surface area contributed by atoms with Crippen LogP contribution in [0.1, 0.15) is 62.1 Å². The van der Waals surface area contributed by atoms with Gasteiger partial charge in [-0.25, -0.2) is 0 Å². The van der Waals surface area contributed by atoms with Crippen molar-refractivity contribution in [1.29, 1.82) is 0 Å². The first kappa shape index (κ1) is 41.6. The molecule has 4 aliphatic heterocycles. The molecule has 0 bridgehead atoms. The van der Waals surface area contributed by atoms with Gasteiger partial charge in [0.05, 0.1) is 59.1 Å². The van der Waals surface area contributed by atoms with Crippen LogP contribution in [0.4, 0.5) is 11.4 Å². The molecule has 2 fully saturated rings. The first-order valence-corrected chi connectivity index (χ1v) is 23.8. The third-order valence-electron chi connectivity index (χ3n) is 13.3. The van der Waals surface area contributed by atoms with E-state index in [1.54, 1.807) is 16.9 Å². The zero-order valence-corrected chi connectivity index (χ0v) is 35.4. The van der Waals surface area contributed by atoms with Gasteiger partial charge in [-0.1, -0.05) is 61.6 Å². The van der Waals surface area contributed by atoms with Crippen LogP contribution in [0, 0.1) is 11.8 Å². The first-order valence-electron chi connectivity index (χ1n) is 20.8. The minimum absolute atomic E-state index is 0.0366. The third-order valence-corrected chi connectivity index (χ3v) is 17.6. The number of carbonyl (C=O) groups is 4. The number of carbonyl (C=O) groups excluding carboxylic acids is 4. The summed E-state index contributed by atoms with van der Waals surface area (Å²) in [6.45, 7) is 8.74. The van der Waals surface area contributed by atoms with E-state index >= 15 is 4.79 Å². The first-order chi connectivity index (χ1) is 27.9. The zero-order valence-electron chi connectivity index (χ0n) is 34.4. The Morgan fingerprint density at radius 3 is 2.48 bits per heavy atom. The number of aliphatic hydroxyl groups excluding tert-OH is 1. The Kier molecular flexibility index (Phi) is 12.4. The van der Waals surface area contributed by atoms with E-state index in [2.05, 4.69) is 48.9 Å². The molecule has 3 N–H and O–H groups in total. The fourth-order valence-corrected chi connectivity index (χ4v) is 14.1. The number of ether oxygens (including phenoxy) is 3. The summed E-state index contributed by atoms with van der Waals surface area (Å²) in [7, 11) is 0.426. The van der Waals surface area contributed by atoms with Gasteiger partial charge in [0.15, 0.2) is 5.60 Å². The average molecular weight is 811 g/mol. The number of methoxy groups -OCH3 is 2. The predicted octanol–water partition coefficient (Wildman–Crippen LogP) is 4.88. The largest absolute Gasteiger partial charge is 0.497 e. The minimum Gasteiger partial charge on any atom is -0.497 e. The maximum Gasteiger partial charge on any atom is 0.305 e. The molecule has 310 valence electrons. The Morgan fingerprint density at radius 1 is 1.03 bits per heavy atom. The standard InChI is InChI=1S/C45H58N4O8Si/c1-29-42(58(4,5)36-18-16-35(55-2)17-19-36)39(25-40(51)49-27-32-12-7-6-11-30(32)23-34(49)28-50)57-45(29)37-24-33(47-43(53)31-13-10-21-46-26-31)15-20-38(37)48(44(45)54)22-9-8-14-41(52)56-3/h6-7,11-12,15-20,24,29,31,34,39,42,46,50H,8-10,13-14,21-23,25-28H2,1-5H3,(H,47,53)/t29-,31?,34-,39+,42-,45+/m0/s1. The van der Waals surface area contributed by atoms with Crippen molar-refractivity contribution in [3.63, 3.8) is 0 Å². The monoisotopic (exact) mass is 810 g/mol. The number of fused-ring (bicyclic) bond motifs is 3. The lowest BCUT2D eigenvalue weighted by molar-refractivity contribution is -0.151. The number of piperidine rings is 1. The van der Waals surface area contributed by atoms with Crippen LogP contribution in [0.25, 0.3) is 0 Å². The van der Waals surface area contributed by atoms with Crippen LogP contribution in [-0.4, -0.2) is 94.4 Å². The maximum absolute atomic E-state index is 15.3. The summed E-state index contributed by atoms with van der Waals surface area (Å²) < 4.78 is 17.7. The van der Waals surface area contributed by atoms with Crippen LogP contribution in [0.5, 0.6) is 5.75 Å². The lowest BCUT2D eigenvalue weighted by Crippen LogP contribution is -2.52. The molecule has 1 unspecified atom stereocenters. The fourth-order valence-electron chi connectivity index (χ4n) is 10.1. The number of nitrogens with one attached hydrogen (secondary N) is 2. The molecule has 13 heteroatoms. The Hall–Kier alpha value is -4.56. The van der Waals surface area contributed by atoms with Crippen molar-refractivity contribution in [3.05, 3.63) is 83.4 Å². The van der Waals surface area contributed by atoms with Crippen molar-refractivity contribution in [2.45, 2.75) is 94.8 Å². The van der Waals surface area contributed by atoms with Gasteiger partial charge >= 0.3 is 5.97 Å². The second kappa shape index (κ2) is 17.3. The highest BCUT2D eigenvalue weighted by molar-refractivity contribution is 6.91. The van der Waals surface area contributed by atoms with Crippen molar-refractivity contribution in [2.75, 3.05) is 50.7 Å². The van der Waals surface area contributed by atoms with Crippen molar-refractivity contribution >= 4 is 48.3 Å². The van der Waals surface area contributed by atoms with E-state index in [1.807, 2.05) is 48.5 Å². The smallest absolute Gasteiger partial charge is 0.305 e. The Labute approximate surface area is 342 Å². The number of anilines is 2. The van der Waals surface area contributed by atoms with Crippen molar-refractivity contribution < 1.29 is 38.5 Å². The van der Waals surface area contributed by atoms with Crippen LogP contribution < -0.4 is 25.5 Å². The molecule has 3 amide bonds. The molecule has 2 saturated heterocycles. The van der Waals surface area contributed by atoms with E-state index in [4.69, 9.17) is 14.2 Å². The molecule has 0 saturated carbocycles. The van der Waals surface area contributed by atoms with E-state index in [-0.39, 0.29) is 66.6 Å². The number of benzene rings is 3. The molecule has 1 spiro atoms. The van der Waals surface area contributed by atoms with Gasteiger partial charge in [0.1, 0.15) is 5.75 Å². The number of aliphatic hydroxyl groups is 1. The molecule has 0 aromatic heterocycles. The number of rotatable bonds is 13. The van der Waals surface area contributed by atoms with Crippen LogP contribution in [0.3, 0.4) is 0 Å². The highest BCUT2D eigenvalue weighted by Crippen LogP contribution is 2.60. The van der Waals surface area contributed by atoms with Crippen LogP contribution >= 0.6 is 0 Å². The molecule has 0 aliphatic carbocycles. The van der Waals surface area contributed by atoms with Gasteiger partial charge in [0, 0.05) is 43.2 Å². The van der Waals surface area contributed by atoms with Gasteiger partial charge in [0.25, 0.3) is 5.91 Å². The molecule has 3 aromatic rings. The topological polar surface area (TPSA) is 147 Å². The van der Waals surface area contributed by atoms with E-state index in [1.165, 1.54) is 7.11 Å². The molecule has 7 rings (SSSR count). The molecule has 4 heterocycles. The van der Waals surface area contributed by atoms with Gasteiger partial charge < -0.3 is 39.8 Å². The molecule has 3 aromatic carbocycles. The van der Waals surface area contributed by atoms with Crippen molar-refractivity contribution in [1.82, 2.24) is 10.2 Å². The predicted molar refractivity (Wildman–Crippen MR) is 225 cm³/mol. The van der Waals surface area contributed by atoms with E-state index in [0.29, 0.717) is 55.8 Å². The number of esters is 1. The maximum atomic E-state index is 15.3. The Bertz CT molecular complexity index is 2000. The molecule has 58 heavy (non-hydrogen) atoms. The molecular weight excluding hydrogens is 753 g/mol. The van der Waals surface area contributed by atoms with Crippen LogP contribution in [0.2, 0.25) is 18.6 Å². The quantitative estimate of drug-likeness (QED) is 0.125. The average Bonchev–Trinajstić information content (AvgIpc) is 3.67. The summed E-state index contributed by atoms with van der Waals surface area (Å²) in [6.07, 6.45) is 3.04. The number of nitrogens with zero attached hydrogens (tertiary/aromatic N) is 2.